The number of hydrogen-bond acceptors (Lipinski definition) is 7. The number of benzene rings is 4. The molecule has 1 heterocycles. The fraction of sp³-hybridized carbons (Fsp3) is 0.278. The minimum absolute atomic E-state index is 0.172. The Hall–Kier alpha value is -3.89. The summed E-state index contributed by atoms with van der Waals surface area (Å²) in [5, 5.41) is 15.1. The van der Waals surface area contributed by atoms with Crippen LogP contribution < -0.4 is 5.32 Å². The molecule has 1 amide bonds. The van der Waals surface area contributed by atoms with Crippen LogP contribution in [-0.2, 0) is 33.5 Å². The highest BCUT2D eigenvalue weighted by atomic mass is 32.2. The number of thiazole rings is 1. The summed E-state index contributed by atoms with van der Waals surface area (Å²) in [5.41, 5.74) is 3.39. The van der Waals surface area contributed by atoms with Gasteiger partial charge in [-0.15, -0.1) is 11.3 Å². The molecule has 7 nitrogen and oxygen atoms in total. The van der Waals surface area contributed by atoms with Crippen molar-refractivity contribution >= 4 is 37.3 Å². The Kier molecular flexibility index (Phi) is 11.1. The molecular weight excluding hydrogens is 603 g/mol. The Morgan fingerprint density at radius 1 is 0.822 bits per heavy atom. The molecule has 9 heteroatoms. The van der Waals surface area contributed by atoms with Gasteiger partial charge in [-0.2, -0.15) is 0 Å². The molecule has 3 atom stereocenters. The number of aromatic nitrogens is 1. The first kappa shape index (κ1) is 32.5. The summed E-state index contributed by atoms with van der Waals surface area (Å²) >= 11 is 1.40. The van der Waals surface area contributed by atoms with Crippen molar-refractivity contribution in [3.63, 3.8) is 0 Å². The highest BCUT2D eigenvalue weighted by Gasteiger charge is 2.34. The molecule has 45 heavy (non-hydrogen) atoms. The van der Waals surface area contributed by atoms with Crippen molar-refractivity contribution in [3.8, 4) is 0 Å². The van der Waals surface area contributed by atoms with E-state index in [1.807, 2.05) is 115 Å². The van der Waals surface area contributed by atoms with E-state index in [9.17, 15) is 18.3 Å². The smallest absolute Gasteiger partial charge is 0.238 e. The molecule has 0 aliphatic heterocycles. The zero-order chi connectivity index (χ0) is 31.6. The van der Waals surface area contributed by atoms with Crippen LogP contribution in [-0.4, -0.2) is 47.2 Å². The molecule has 234 valence electrons. The van der Waals surface area contributed by atoms with Crippen LogP contribution in [0.4, 0.5) is 0 Å². The second kappa shape index (κ2) is 15.4. The fourth-order valence-electron chi connectivity index (χ4n) is 5.47. The van der Waals surface area contributed by atoms with E-state index in [0.29, 0.717) is 36.5 Å². The molecule has 0 aliphatic rings. The lowest BCUT2D eigenvalue weighted by molar-refractivity contribution is -0.128. The van der Waals surface area contributed by atoms with Crippen molar-refractivity contribution in [1.82, 2.24) is 15.2 Å². The van der Waals surface area contributed by atoms with Crippen LogP contribution in [0.15, 0.2) is 115 Å². The van der Waals surface area contributed by atoms with Crippen molar-refractivity contribution in [3.05, 3.63) is 137 Å². The van der Waals surface area contributed by atoms with Gasteiger partial charge in [0.1, 0.15) is 17.2 Å². The zero-order valence-corrected chi connectivity index (χ0v) is 27.0. The number of nitrogens with one attached hydrogen (secondary N) is 1. The molecule has 0 aliphatic carbocycles. The van der Waals surface area contributed by atoms with Crippen LogP contribution in [0.1, 0.15) is 47.6 Å². The highest BCUT2D eigenvalue weighted by molar-refractivity contribution is 7.90. The lowest BCUT2D eigenvalue weighted by Crippen LogP contribution is -2.53. The Bertz CT molecular complexity index is 1690. The summed E-state index contributed by atoms with van der Waals surface area (Å²) < 4.78 is 28.4. The molecule has 0 fully saturated rings. The van der Waals surface area contributed by atoms with E-state index in [4.69, 9.17) is 0 Å². The summed E-state index contributed by atoms with van der Waals surface area (Å²) in [4.78, 5) is 20.9. The molecule has 0 spiro atoms. The number of aliphatic hydroxyl groups excluding tert-OH is 1. The van der Waals surface area contributed by atoms with Gasteiger partial charge in [0.15, 0.2) is 9.84 Å². The van der Waals surface area contributed by atoms with Crippen molar-refractivity contribution in [2.24, 2.45) is 0 Å². The van der Waals surface area contributed by atoms with Gasteiger partial charge in [0.2, 0.25) is 5.91 Å². The average Bonchev–Trinajstić information content (AvgIpc) is 3.49. The monoisotopic (exact) mass is 641 g/mol. The molecule has 5 aromatic rings. The van der Waals surface area contributed by atoms with Gasteiger partial charge in [-0.1, -0.05) is 116 Å². The minimum atomic E-state index is -3.72. The highest BCUT2D eigenvalue weighted by Crippen LogP contribution is 2.29. The lowest BCUT2D eigenvalue weighted by Gasteiger charge is -2.33. The van der Waals surface area contributed by atoms with Gasteiger partial charge in [-0.3, -0.25) is 9.69 Å². The maximum Gasteiger partial charge on any atom is 0.238 e. The first-order valence-corrected chi connectivity index (χ1v) is 17.9. The number of carbonyl (C=O) groups excluding carboxylic acids is 1. The van der Waals surface area contributed by atoms with Gasteiger partial charge in [0.25, 0.3) is 0 Å². The fourth-order valence-corrected chi connectivity index (χ4v) is 8.15. The standard InChI is InChI=1S/C36H39N3O4S2/c1-2-14-31(34(40)36-38-30-21-12-13-22-33(30)44-36)37-35(41)32(26-45(42,43)25-29-19-10-5-11-20-29)39(23-27-15-6-3-7-16-27)24-28-17-8-4-9-18-28/h3-13,15-22,31-32,34,40H,2,14,23-26H2,1H3,(H,37,41)/t31?,32-,34?/m0/s1. The third-order valence-corrected chi connectivity index (χ3v) is 10.4. The lowest BCUT2D eigenvalue weighted by atomic mass is 10.0. The molecule has 2 unspecified atom stereocenters. The number of rotatable bonds is 15. The van der Waals surface area contributed by atoms with Crippen molar-refractivity contribution in [2.45, 2.75) is 56.8 Å². The molecule has 2 N–H and O–H groups in total. The van der Waals surface area contributed by atoms with Crippen LogP contribution in [0.5, 0.6) is 0 Å². The van der Waals surface area contributed by atoms with Gasteiger partial charge in [0.05, 0.1) is 27.8 Å². The van der Waals surface area contributed by atoms with Gasteiger partial charge < -0.3 is 10.4 Å². The van der Waals surface area contributed by atoms with Crippen LogP contribution in [0.25, 0.3) is 10.2 Å². The second-order valence-corrected chi connectivity index (χ2v) is 14.5. The van der Waals surface area contributed by atoms with Crippen molar-refractivity contribution in [1.29, 1.82) is 0 Å². The minimum Gasteiger partial charge on any atom is -0.384 e. The Labute approximate surface area is 269 Å². The Morgan fingerprint density at radius 3 is 1.91 bits per heavy atom. The second-order valence-electron chi connectivity index (χ2n) is 11.3. The zero-order valence-electron chi connectivity index (χ0n) is 25.3. The number of fused-ring (bicyclic) bond motifs is 1. The molecular formula is C36H39N3O4S2. The van der Waals surface area contributed by atoms with Crippen molar-refractivity contribution in [2.75, 3.05) is 5.75 Å². The predicted molar refractivity (Wildman–Crippen MR) is 181 cm³/mol. The van der Waals surface area contributed by atoms with E-state index in [1.165, 1.54) is 11.3 Å². The first-order valence-electron chi connectivity index (χ1n) is 15.2. The number of sulfone groups is 1. The SMILES string of the molecule is CCCC(NC(=O)[C@H](CS(=O)(=O)Cc1ccccc1)N(Cc1ccccc1)Cc1ccccc1)C(O)c1nc2ccccc2s1. The number of para-hydroxylation sites is 1. The average molecular weight is 642 g/mol. The largest absolute Gasteiger partial charge is 0.384 e. The van der Waals surface area contributed by atoms with Crippen LogP contribution in [0.2, 0.25) is 0 Å². The third-order valence-electron chi connectivity index (χ3n) is 7.71. The van der Waals surface area contributed by atoms with Gasteiger partial charge in [-0.25, -0.2) is 13.4 Å². The molecule has 5 rings (SSSR count). The maximum absolute atomic E-state index is 14.3. The number of nitrogens with zero attached hydrogens (tertiary/aromatic N) is 2. The van der Waals surface area contributed by atoms with E-state index in [-0.39, 0.29) is 11.5 Å². The number of carbonyl (C=O) groups is 1. The molecule has 0 saturated carbocycles. The van der Waals surface area contributed by atoms with E-state index >= 15 is 0 Å². The number of hydrogen-bond donors (Lipinski definition) is 2. The van der Waals surface area contributed by atoms with E-state index in [2.05, 4.69) is 10.3 Å². The van der Waals surface area contributed by atoms with E-state index in [1.54, 1.807) is 12.1 Å². The Balaban J connectivity index is 1.47. The first-order chi connectivity index (χ1) is 21.8. The molecule has 1 aromatic heterocycles. The summed E-state index contributed by atoms with van der Waals surface area (Å²) in [5.74, 6) is -0.977. The van der Waals surface area contributed by atoms with E-state index in [0.717, 1.165) is 21.3 Å². The summed E-state index contributed by atoms with van der Waals surface area (Å²) in [6.45, 7) is 2.73. The third kappa shape index (κ3) is 9.08. The van der Waals surface area contributed by atoms with Crippen LogP contribution in [0, 0.1) is 0 Å². The summed E-state index contributed by atoms with van der Waals surface area (Å²) in [7, 11) is -3.72. The topological polar surface area (TPSA) is 99.6 Å². The normalized spacial score (nSPS) is 13.8. The number of amides is 1. The van der Waals surface area contributed by atoms with Gasteiger partial charge >= 0.3 is 0 Å². The van der Waals surface area contributed by atoms with Crippen LogP contribution >= 0.6 is 11.3 Å². The van der Waals surface area contributed by atoms with Gasteiger partial charge in [-0.05, 0) is 35.2 Å². The van der Waals surface area contributed by atoms with E-state index < -0.39 is 33.9 Å². The maximum atomic E-state index is 14.3. The number of aliphatic hydroxyl groups is 1. The van der Waals surface area contributed by atoms with Crippen LogP contribution in [0.3, 0.4) is 0 Å². The molecule has 0 saturated heterocycles. The quantitative estimate of drug-likeness (QED) is 0.139. The van der Waals surface area contributed by atoms with Crippen molar-refractivity contribution < 1.29 is 18.3 Å². The summed E-state index contributed by atoms with van der Waals surface area (Å²) in [6, 6.07) is 34.5. The Morgan fingerprint density at radius 2 is 1.36 bits per heavy atom. The predicted octanol–water partition coefficient (Wildman–Crippen LogP) is 6.30. The molecule has 4 aromatic carbocycles. The molecule has 0 radical (unpaired) electrons. The van der Waals surface area contributed by atoms with Gasteiger partial charge in [0, 0.05) is 13.1 Å². The summed E-state index contributed by atoms with van der Waals surface area (Å²) in [6.07, 6.45) is 0.176. The molecule has 0 bridgehead atoms.